The first-order valence-electron chi connectivity index (χ1n) is 15.9. The first kappa shape index (κ1) is 35.4. The number of nitrogens with zero attached hydrogens (tertiary/aromatic N) is 1. The molecule has 1 aliphatic rings. The van der Waals surface area contributed by atoms with Crippen LogP contribution in [0.5, 0.6) is 0 Å². The Hall–Kier alpha value is -4.05. The number of rotatable bonds is 16. The van der Waals surface area contributed by atoms with Gasteiger partial charge in [-0.05, 0) is 56.2 Å². The highest BCUT2D eigenvalue weighted by Gasteiger charge is 2.37. The van der Waals surface area contributed by atoms with E-state index in [2.05, 4.69) is 64.5 Å². The van der Waals surface area contributed by atoms with Gasteiger partial charge in [-0.25, -0.2) is 4.79 Å². The zero-order valence-corrected chi connectivity index (χ0v) is 26.5. The molecule has 1 heterocycles. The third kappa shape index (κ3) is 12.8. The summed E-state index contributed by atoms with van der Waals surface area (Å²) in [7, 11) is 0. The van der Waals surface area contributed by atoms with Crippen molar-refractivity contribution < 1.29 is 24.2 Å². The predicted octanol–water partition coefficient (Wildman–Crippen LogP) is 4.17. The Morgan fingerprint density at radius 2 is 1.36 bits per heavy atom. The van der Waals surface area contributed by atoms with Gasteiger partial charge in [0.25, 0.3) is 0 Å². The van der Waals surface area contributed by atoms with Crippen molar-refractivity contribution in [2.75, 3.05) is 26.2 Å². The van der Waals surface area contributed by atoms with Crippen LogP contribution in [0.4, 0.5) is 0 Å². The maximum atomic E-state index is 12.7. The SMILES string of the molecule is CCOC(=O)[C@H](CCc1ccccc1)N[C@@H](C)C(=O)N1CCC[C@H]1C(=O)O.c1ccc(CNCCNCc2ccccc2)cc1. The van der Waals surface area contributed by atoms with Gasteiger partial charge in [0.05, 0.1) is 12.6 Å². The fourth-order valence-electron chi connectivity index (χ4n) is 5.21. The van der Waals surface area contributed by atoms with Crippen LogP contribution < -0.4 is 16.0 Å². The van der Waals surface area contributed by atoms with Gasteiger partial charge >= 0.3 is 11.9 Å². The van der Waals surface area contributed by atoms with E-state index in [1.54, 1.807) is 13.8 Å². The number of hydrogen-bond donors (Lipinski definition) is 4. The van der Waals surface area contributed by atoms with Crippen molar-refractivity contribution in [2.24, 2.45) is 0 Å². The summed E-state index contributed by atoms with van der Waals surface area (Å²) >= 11 is 0. The number of carboxylic acid groups (broad SMARTS) is 1. The molecule has 0 aliphatic carbocycles. The molecule has 242 valence electrons. The minimum absolute atomic E-state index is 0.262. The van der Waals surface area contributed by atoms with Gasteiger partial charge in [0.1, 0.15) is 12.1 Å². The monoisotopic (exact) mass is 616 g/mol. The number of aryl methyl sites for hydroxylation is 1. The predicted molar refractivity (Wildman–Crippen MR) is 176 cm³/mol. The summed E-state index contributed by atoms with van der Waals surface area (Å²) in [5.74, 6) is -1.68. The van der Waals surface area contributed by atoms with Gasteiger partial charge in [-0.3, -0.25) is 14.9 Å². The van der Waals surface area contributed by atoms with E-state index in [9.17, 15) is 19.5 Å². The van der Waals surface area contributed by atoms with Crippen molar-refractivity contribution in [1.29, 1.82) is 0 Å². The van der Waals surface area contributed by atoms with Gasteiger partial charge in [-0.15, -0.1) is 0 Å². The topological polar surface area (TPSA) is 120 Å². The minimum Gasteiger partial charge on any atom is -0.480 e. The van der Waals surface area contributed by atoms with Crippen LogP contribution in [0.1, 0.15) is 49.8 Å². The molecule has 9 heteroatoms. The van der Waals surface area contributed by atoms with Gasteiger partial charge < -0.3 is 25.4 Å². The second-order valence-electron chi connectivity index (χ2n) is 11.1. The number of likely N-dealkylation sites (tertiary alicyclic amines) is 1. The van der Waals surface area contributed by atoms with Gasteiger partial charge in [-0.1, -0.05) is 91.0 Å². The molecule has 0 unspecified atom stereocenters. The average molecular weight is 617 g/mol. The fraction of sp³-hybridized carbons (Fsp3) is 0.417. The van der Waals surface area contributed by atoms with Crippen molar-refractivity contribution in [2.45, 2.75) is 70.7 Å². The molecular weight excluding hydrogens is 568 g/mol. The number of hydrogen-bond acceptors (Lipinski definition) is 7. The molecule has 1 fully saturated rings. The van der Waals surface area contributed by atoms with Gasteiger partial charge in [0, 0.05) is 32.7 Å². The van der Waals surface area contributed by atoms with Crippen molar-refractivity contribution in [1.82, 2.24) is 20.9 Å². The van der Waals surface area contributed by atoms with Crippen LogP contribution in [-0.4, -0.2) is 72.2 Å². The zero-order chi connectivity index (χ0) is 32.3. The Labute approximate surface area is 267 Å². The first-order chi connectivity index (χ1) is 21.9. The largest absolute Gasteiger partial charge is 0.480 e. The van der Waals surface area contributed by atoms with Crippen molar-refractivity contribution in [3.05, 3.63) is 108 Å². The average Bonchev–Trinajstić information content (AvgIpc) is 3.57. The second-order valence-corrected chi connectivity index (χ2v) is 11.1. The molecule has 3 atom stereocenters. The summed E-state index contributed by atoms with van der Waals surface area (Å²) in [6.07, 6.45) is 2.29. The Kier molecular flexibility index (Phi) is 15.8. The molecule has 3 aromatic carbocycles. The molecule has 0 saturated carbocycles. The quantitative estimate of drug-likeness (QED) is 0.140. The number of benzene rings is 3. The third-order valence-corrected chi connectivity index (χ3v) is 7.60. The van der Waals surface area contributed by atoms with E-state index in [0.717, 1.165) is 31.7 Å². The van der Waals surface area contributed by atoms with Crippen LogP contribution in [-0.2, 0) is 38.6 Å². The molecule has 3 aromatic rings. The standard InChI is InChI=1S/C20H28N2O5.C16H20N2/c1-3-27-20(26)16(12-11-15-8-5-4-6-9-15)21-14(2)18(23)22-13-7-10-17(22)19(24)25;1-3-7-15(8-4-1)13-17-11-12-18-14-16-9-5-2-6-10-16/h4-6,8-9,14,16-17,21H,3,7,10-13H2,1-2H3,(H,24,25);1-10,17-18H,11-14H2/t14-,16-,17-;/m0./s1. The number of esters is 1. The number of ether oxygens (including phenoxy) is 1. The molecule has 0 radical (unpaired) electrons. The van der Waals surface area contributed by atoms with E-state index in [0.29, 0.717) is 32.2 Å². The van der Waals surface area contributed by atoms with E-state index in [1.165, 1.54) is 16.0 Å². The second kappa shape index (κ2) is 20.1. The Morgan fingerprint density at radius 3 is 1.84 bits per heavy atom. The number of carboxylic acids is 1. The molecule has 4 rings (SSSR count). The lowest BCUT2D eigenvalue weighted by molar-refractivity contribution is -0.150. The van der Waals surface area contributed by atoms with E-state index >= 15 is 0 Å². The maximum Gasteiger partial charge on any atom is 0.326 e. The van der Waals surface area contributed by atoms with E-state index in [4.69, 9.17) is 4.74 Å². The Bertz CT molecular complexity index is 1230. The zero-order valence-electron chi connectivity index (χ0n) is 26.5. The molecule has 1 aliphatic heterocycles. The van der Waals surface area contributed by atoms with Gasteiger partial charge in [-0.2, -0.15) is 0 Å². The maximum absolute atomic E-state index is 12.7. The number of carbonyl (C=O) groups excluding carboxylic acids is 2. The van der Waals surface area contributed by atoms with Crippen molar-refractivity contribution >= 4 is 17.8 Å². The molecular formula is C36H48N4O5. The molecule has 0 bridgehead atoms. The highest BCUT2D eigenvalue weighted by molar-refractivity contribution is 5.88. The lowest BCUT2D eigenvalue weighted by Gasteiger charge is -2.27. The van der Waals surface area contributed by atoms with Crippen LogP contribution in [0, 0.1) is 0 Å². The van der Waals surface area contributed by atoms with Gasteiger partial charge in [0.2, 0.25) is 5.91 Å². The van der Waals surface area contributed by atoms with Crippen LogP contribution in [0.3, 0.4) is 0 Å². The van der Waals surface area contributed by atoms with E-state index in [1.807, 2.05) is 42.5 Å². The Balaban J connectivity index is 0.000000265. The molecule has 1 amide bonds. The highest BCUT2D eigenvalue weighted by atomic mass is 16.5. The normalized spacial score (nSPS) is 15.4. The third-order valence-electron chi connectivity index (χ3n) is 7.60. The van der Waals surface area contributed by atoms with Crippen molar-refractivity contribution in [3.8, 4) is 0 Å². The summed E-state index contributed by atoms with van der Waals surface area (Å²) in [4.78, 5) is 37.7. The van der Waals surface area contributed by atoms with Crippen LogP contribution in [0.25, 0.3) is 0 Å². The minimum atomic E-state index is -0.987. The molecule has 9 nitrogen and oxygen atoms in total. The molecule has 45 heavy (non-hydrogen) atoms. The van der Waals surface area contributed by atoms with E-state index in [-0.39, 0.29) is 12.5 Å². The molecule has 1 saturated heterocycles. The summed E-state index contributed by atoms with van der Waals surface area (Å²) in [6.45, 7) is 7.94. The smallest absolute Gasteiger partial charge is 0.326 e. The fourth-order valence-corrected chi connectivity index (χ4v) is 5.21. The summed E-state index contributed by atoms with van der Waals surface area (Å²) in [5.41, 5.74) is 3.76. The Morgan fingerprint density at radius 1 is 0.844 bits per heavy atom. The number of amides is 1. The van der Waals surface area contributed by atoms with Crippen LogP contribution >= 0.6 is 0 Å². The summed E-state index contributed by atoms with van der Waals surface area (Å²) < 4.78 is 5.14. The summed E-state index contributed by atoms with van der Waals surface area (Å²) in [6, 6.07) is 28.7. The number of aliphatic carboxylic acids is 1. The van der Waals surface area contributed by atoms with E-state index < -0.39 is 30.1 Å². The lowest BCUT2D eigenvalue weighted by Crippen LogP contribution is -2.53. The molecule has 0 spiro atoms. The number of nitrogens with one attached hydrogen (secondary N) is 3. The van der Waals surface area contributed by atoms with Crippen molar-refractivity contribution in [3.63, 3.8) is 0 Å². The highest BCUT2D eigenvalue weighted by Crippen LogP contribution is 2.19. The number of carbonyl (C=O) groups is 3. The lowest BCUT2D eigenvalue weighted by atomic mass is 10.0. The van der Waals surface area contributed by atoms with Gasteiger partial charge in [0.15, 0.2) is 0 Å². The van der Waals surface area contributed by atoms with Crippen LogP contribution in [0.2, 0.25) is 0 Å². The van der Waals surface area contributed by atoms with Crippen LogP contribution in [0.15, 0.2) is 91.0 Å². The first-order valence-corrected chi connectivity index (χ1v) is 15.9. The summed E-state index contributed by atoms with van der Waals surface area (Å²) in [5, 5.41) is 19.2. The molecule has 4 N–H and O–H groups in total. The molecule has 0 aromatic heterocycles.